The summed E-state index contributed by atoms with van der Waals surface area (Å²) in [6, 6.07) is 6.31. The molecular weight excluding hydrogens is 423 g/mol. The predicted molar refractivity (Wildman–Crippen MR) is 103 cm³/mol. The van der Waals surface area contributed by atoms with Crippen molar-refractivity contribution < 1.29 is 27.3 Å². The van der Waals surface area contributed by atoms with Crippen LogP contribution in [0.2, 0.25) is 0 Å². The molecule has 12 heteroatoms. The van der Waals surface area contributed by atoms with Gasteiger partial charge in [0, 0.05) is 16.7 Å². The van der Waals surface area contributed by atoms with Crippen molar-refractivity contribution in [2.45, 2.75) is 18.3 Å². The van der Waals surface area contributed by atoms with Crippen LogP contribution in [-0.2, 0) is 15.9 Å². The van der Waals surface area contributed by atoms with Crippen molar-refractivity contribution in [3.05, 3.63) is 36.0 Å². The number of esters is 1. The molecule has 2 aromatic heterocycles. The molecule has 0 aliphatic carbocycles. The Morgan fingerprint density at radius 1 is 1.20 bits per heavy atom. The van der Waals surface area contributed by atoms with Crippen LogP contribution in [0.1, 0.15) is 17.3 Å². The first-order valence-corrected chi connectivity index (χ1v) is 10.2. The Balaban J connectivity index is 2.01. The fourth-order valence-corrected chi connectivity index (χ4v) is 2.89. The summed E-state index contributed by atoms with van der Waals surface area (Å²) in [5, 5.41) is 2.01. The van der Waals surface area contributed by atoms with Crippen molar-refractivity contribution in [3.63, 3.8) is 0 Å². The first-order chi connectivity index (χ1) is 14.2. The Morgan fingerprint density at radius 3 is 2.50 bits per heavy atom. The highest BCUT2D eigenvalue weighted by atomic mass is 32.2. The third-order valence-corrected chi connectivity index (χ3v) is 4.49. The van der Waals surface area contributed by atoms with E-state index < -0.39 is 29.9 Å². The summed E-state index contributed by atoms with van der Waals surface area (Å²) in [6.07, 6.45) is -1.80. The number of aromatic nitrogens is 4. The van der Waals surface area contributed by atoms with Crippen LogP contribution >= 0.6 is 0 Å². The fourth-order valence-electron chi connectivity index (χ4n) is 2.45. The molecule has 8 nitrogen and oxygen atoms in total. The van der Waals surface area contributed by atoms with Crippen LogP contribution in [0, 0.1) is 0 Å². The Hall–Kier alpha value is -2.99. The van der Waals surface area contributed by atoms with Gasteiger partial charge in [0.15, 0.2) is 17.0 Å². The van der Waals surface area contributed by atoms with Crippen molar-refractivity contribution >= 4 is 34.1 Å². The number of halogens is 3. The first-order valence-electron chi connectivity index (χ1n) is 8.64. The first kappa shape index (κ1) is 21.7. The smallest absolute Gasteiger partial charge is 0.405 e. The summed E-state index contributed by atoms with van der Waals surface area (Å²) in [5.74, 6) is -0.694. The maximum Gasteiger partial charge on any atom is 0.405 e. The average Bonchev–Trinajstić information content (AvgIpc) is 2.71. The maximum atomic E-state index is 12.7. The summed E-state index contributed by atoms with van der Waals surface area (Å²) in [7, 11) is 0. The number of carbonyl (C=O) groups excluding carboxylic acids is 1. The van der Waals surface area contributed by atoms with Crippen molar-refractivity contribution in [1.82, 2.24) is 19.9 Å². The summed E-state index contributed by atoms with van der Waals surface area (Å²) in [6.45, 7) is 0.590. The highest BCUT2D eigenvalue weighted by molar-refractivity contribution is 7.90. The maximum absolute atomic E-state index is 12.7. The predicted octanol–water partition coefficient (Wildman–Crippen LogP) is 2.98. The largest absolute Gasteiger partial charge is 0.609 e. The minimum atomic E-state index is -4.49. The molecule has 30 heavy (non-hydrogen) atoms. The van der Waals surface area contributed by atoms with Gasteiger partial charge in [0.25, 0.3) is 0 Å². The van der Waals surface area contributed by atoms with E-state index in [9.17, 15) is 22.5 Å². The van der Waals surface area contributed by atoms with Gasteiger partial charge in [-0.1, -0.05) is 12.1 Å². The molecule has 158 valence electrons. The van der Waals surface area contributed by atoms with Crippen molar-refractivity contribution in [1.29, 1.82) is 0 Å². The van der Waals surface area contributed by atoms with Crippen LogP contribution in [-0.4, -0.2) is 56.0 Å². The van der Waals surface area contributed by atoms with Crippen LogP contribution < -0.4 is 5.32 Å². The molecule has 3 rings (SSSR count). The van der Waals surface area contributed by atoms with E-state index in [1.807, 2.05) is 0 Å². The second-order valence-electron chi connectivity index (χ2n) is 6.00. The Bertz CT molecular complexity index is 1060. The van der Waals surface area contributed by atoms with Crippen molar-refractivity contribution in [2.75, 3.05) is 24.7 Å². The zero-order chi connectivity index (χ0) is 21.9. The van der Waals surface area contributed by atoms with E-state index in [1.165, 1.54) is 12.5 Å². The molecule has 1 aromatic carbocycles. The number of anilines is 1. The zero-order valence-electron chi connectivity index (χ0n) is 15.9. The number of rotatable bonds is 6. The monoisotopic (exact) mass is 439 g/mol. The van der Waals surface area contributed by atoms with Crippen molar-refractivity contribution in [3.8, 4) is 11.3 Å². The minimum Gasteiger partial charge on any atom is -0.609 e. The third-order valence-electron chi connectivity index (χ3n) is 3.79. The van der Waals surface area contributed by atoms with Crippen LogP contribution in [0.3, 0.4) is 0 Å². The molecule has 1 unspecified atom stereocenters. The molecule has 0 saturated carbocycles. The van der Waals surface area contributed by atoms with E-state index in [0.29, 0.717) is 16.8 Å². The molecule has 1 atom stereocenters. The second-order valence-corrected chi connectivity index (χ2v) is 7.28. The number of hydrogen-bond acceptors (Lipinski definition) is 8. The molecule has 0 spiro atoms. The highest BCUT2D eigenvalue weighted by Gasteiger charge is 2.28. The number of carbonyl (C=O) groups is 1. The number of alkyl halides is 3. The SMILES string of the molecule is CCOC(=O)c1ccc(-c2cnc3nc([S+](C)[O-])nc(NCC(F)(F)F)c3n2)cc1. The number of fused-ring (bicyclic) bond motifs is 1. The quantitative estimate of drug-likeness (QED) is 0.354. The topological polar surface area (TPSA) is 113 Å². The van der Waals surface area contributed by atoms with Gasteiger partial charge in [-0.2, -0.15) is 23.1 Å². The second kappa shape index (κ2) is 8.79. The van der Waals surface area contributed by atoms with E-state index in [4.69, 9.17) is 4.74 Å². The summed E-state index contributed by atoms with van der Waals surface area (Å²) in [4.78, 5) is 28.1. The normalized spacial score (nSPS) is 12.6. The van der Waals surface area contributed by atoms with Crippen LogP contribution in [0.25, 0.3) is 22.4 Å². The lowest BCUT2D eigenvalue weighted by Crippen LogP contribution is -2.22. The lowest BCUT2D eigenvalue weighted by atomic mass is 10.1. The molecule has 0 bridgehead atoms. The molecule has 0 amide bonds. The average molecular weight is 439 g/mol. The zero-order valence-corrected chi connectivity index (χ0v) is 16.7. The van der Waals surface area contributed by atoms with E-state index >= 15 is 0 Å². The number of ether oxygens (including phenoxy) is 1. The van der Waals surface area contributed by atoms with Crippen molar-refractivity contribution in [2.24, 2.45) is 0 Å². The lowest BCUT2D eigenvalue weighted by Gasteiger charge is -2.12. The van der Waals surface area contributed by atoms with Crippen LogP contribution in [0.5, 0.6) is 0 Å². The Morgan fingerprint density at radius 2 is 1.90 bits per heavy atom. The molecule has 0 saturated heterocycles. The van der Waals surface area contributed by atoms with Gasteiger partial charge in [0.2, 0.25) is 0 Å². The number of hydrogen-bond donors (Lipinski definition) is 1. The molecular formula is C18H16F3N5O3S. The fraction of sp³-hybridized carbons (Fsp3) is 0.278. The summed E-state index contributed by atoms with van der Waals surface area (Å²) < 4.78 is 54.6. The molecule has 2 heterocycles. The van der Waals surface area contributed by atoms with Gasteiger partial charge in [-0.05, 0) is 19.1 Å². The van der Waals surface area contributed by atoms with E-state index in [1.54, 1.807) is 31.2 Å². The van der Waals surface area contributed by atoms with Gasteiger partial charge in [-0.3, -0.25) is 0 Å². The third kappa shape index (κ3) is 5.13. The molecule has 0 aliphatic heterocycles. The van der Waals surface area contributed by atoms with Gasteiger partial charge < -0.3 is 14.6 Å². The molecule has 3 aromatic rings. The van der Waals surface area contributed by atoms with Crippen LogP contribution in [0.4, 0.5) is 19.0 Å². The summed E-state index contributed by atoms with van der Waals surface area (Å²) >= 11 is -1.63. The van der Waals surface area contributed by atoms with E-state index in [-0.39, 0.29) is 28.7 Å². The van der Waals surface area contributed by atoms with Gasteiger partial charge in [0.05, 0.1) is 24.1 Å². The van der Waals surface area contributed by atoms with Gasteiger partial charge in [-0.25, -0.2) is 14.8 Å². The van der Waals surface area contributed by atoms with Gasteiger partial charge in [0.1, 0.15) is 12.8 Å². The molecule has 1 N–H and O–H groups in total. The number of benzene rings is 1. The Kier molecular flexibility index (Phi) is 6.37. The number of nitrogens with one attached hydrogen (secondary N) is 1. The van der Waals surface area contributed by atoms with E-state index in [2.05, 4.69) is 25.3 Å². The molecule has 0 fully saturated rings. The lowest BCUT2D eigenvalue weighted by molar-refractivity contribution is -0.115. The minimum absolute atomic E-state index is 0.000388. The summed E-state index contributed by atoms with van der Waals surface area (Å²) in [5.41, 5.74) is 1.26. The highest BCUT2D eigenvalue weighted by Crippen LogP contribution is 2.25. The molecule has 0 radical (unpaired) electrons. The Labute approximate surface area is 172 Å². The standard InChI is InChI=1S/C18H16F3N5O3S/c1-3-29-16(27)11-6-4-10(5-7-11)12-8-22-14-13(24-12)15(23-9-18(19,20)21)26-17(25-14)30(2)28/h4-8H,3,9H2,1-2H3,(H,22,23,25,26). The van der Waals surface area contributed by atoms with Gasteiger partial charge >= 0.3 is 17.3 Å². The molecule has 0 aliphatic rings. The van der Waals surface area contributed by atoms with Crippen LogP contribution in [0.15, 0.2) is 35.6 Å². The van der Waals surface area contributed by atoms with Gasteiger partial charge in [-0.15, -0.1) is 0 Å². The van der Waals surface area contributed by atoms with E-state index in [0.717, 1.165) is 0 Å². The number of nitrogens with zero attached hydrogens (tertiary/aromatic N) is 4.